The fourth-order valence-electron chi connectivity index (χ4n) is 3.08. The average molecular weight is 303 g/mol. The number of nitrogens with one attached hydrogen (secondary N) is 1. The van der Waals surface area contributed by atoms with Crippen molar-refractivity contribution in [1.82, 2.24) is 14.9 Å². The molecule has 0 atom stereocenters. The van der Waals surface area contributed by atoms with Crippen LogP contribution >= 0.6 is 0 Å². The van der Waals surface area contributed by atoms with Gasteiger partial charge in [-0.15, -0.1) is 0 Å². The zero-order chi connectivity index (χ0) is 15.5. The number of rotatable bonds is 4. The van der Waals surface area contributed by atoms with Gasteiger partial charge in [-0.2, -0.15) is 0 Å². The van der Waals surface area contributed by atoms with Crippen LogP contribution in [0.1, 0.15) is 50.8 Å². The Morgan fingerprint density at radius 1 is 1.41 bits per heavy atom. The molecule has 1 aromatic carbocycles. The molecule has 5 heteroatoms. The number of imidazole rings is 1. The summed E-state index contributed by atoms with van der Waals surface area (Å²) in [6.45, 7) is 3.68. The highest BCUT2D eigenvalue weighted by atomic mass is 19.1. The molecule has 4 nitrogen and oxygen atoms in total. The number of likely N-dealkylation sites (tertiary alicyclic amines) is 1. The van der Waals surface area contributed by atoms with Crippen LogP contribution in [-0.2, 0) is 4.79 Å². The fraction of sp³-hybridized carbons (Fsp3) is 0.529. The van der Waals surface area contributed by atoms with Crippen LogP contribution in [0.25, 0.3) is 11.0 Å². The summed E-state index contributed by atoms with van der Waals surface area (Å²) in [5, 5.41) is 0. The van der Waals surface area contributed by atoms with Crippen molar-refractivity contribution in [3.8, 4) is 0 Å². The van der Waals surface area contributed by atoms with E-state index in [1.807, 2.05) is 4.90 Å². The second kappa shape index (κ2) is 6.46. The smallest absolute Gasteiger partial charge is 0.222 e. The minimum atomic E-state index is -0.251. The number of nitrogens with zero attached hydrogens (tertiary/aromatic N) is 2. The summed E-state index contributed by atoms with van der Waals surface area (Å²) >= 11 is 0. The first-order chi connectivity index (χ1) is 10.7. The Hall–Kier alpha value is -1.91. The Kier molecular flexibility index (Phi) is 4.41. The normalized spacial score (nSPS) is 16.4. The summed E-state index contributed by atoms with van der Waals surface area (Å²) in [6, 6.07) is 4.62. The van der Waals surface area contributed by atoms with Gasteiger partial charge in [0.1, 0.15) is 11.6 Å². The largest absolute Gasteiger partial charge is 0.343 e. The number of aromatic amines is 1. The van der Waals surface area contributed by atoms with Crippen LogP contribution in [0, 0.1) is 5.82 Å². The number of H-pyrrole nitrogens is 1. The zero-order valence-electron chi connectivity index (χ0n) is 12.9. The van der Waals surface area contributed by atoms with Crippen molar-refractivity contribution in [2.75, 3.05) is 13.1 Å². The molecule has 0 bridgehead atoms. The van der Waals surface area contributed by atoms with Gasteiger partial charge in [-0.3, -0.25) is 4.79 Å². The van der Waals surface area contributed by atoms with Crippen molar-refractivity contribution in [2.45, 2.75) is 44.9 Å². The highest BCUT2D eigenvalue weighted by Crippen LogP contribution is 2.28. The molecule has 0 aliphatic carbocycles. The van der Waals surface area contributed by atoms with Crippen molar-refractivity contribution < 1.29 is 9.18 Å². The maximum absolute atomic E-state index is 13.2. The van der Waals surface area contributed by atoms with Crippen molar-refractivity contribution in [3.05, 3.63) is 29.8 Å². The molecule has 1 amide bonds. The lowest BCUT2D eigenvalue weighted by Gasteiger charge is -2.31. The number of hydrogen-bond acceptors (Lipinski definition) is 2. The van der Waals surface area contributed by atoms with Gasteiger partial charge in [0.15, 0.2) is 0 Å². The minimum absolute atomic E-state index is 0.251. The Labute approximate surface area is 129 Å². The van der Waals surface area contributed by atoms with Gasteiger partial charge in [0.25, 0.3) is 0 Å². The van der Waals surface area contributed by atoms with E-state index >= 15 is 0 Å². The molecule has 1 aliphatic heterocycles. The predicted molar refractivity (Wildman–Crippen MR) is 84.1 cm³/mol. The molecule has 0 radical (unpaired) electrons. The van der Waals surface area contributed by atoms with Gasteiger partial charge < -0.3 is 9.88 Å². The lowest BCUT2D eigenvalue weighted by molar-refractivity contribution is -0.132. The molecule has 0 saturated carbocycles. The summed E-state index contributed by atoms with van der Waals surface area (Å²) in [5.74, 6) is 1.26. The third kappa shape index (κ3) is 3.13. The van der Waals surface area contributed by atoms with Crippen molar-refractivity contribution in [3.63, 3.8) is 0 Å². The third-order valence-corrected chi connectivity index (χ3v) is 4.44. The Morgan fingerprint density at radius 3 is 2.91 bits per heavy atom. The van der Waals surface area contributed by atoms with Crippen molar-refractivity contribution in [1.29, 1.82) is 0 Å². The van der Waals surface area contributed by atoms with Gasteiger partial charge in [0, 0.05) is 25.4 Å². The van der Waals surface area contributed by atoms with Gasteiger partial charge >= 0.3 is 0 Å². The second-order valence-corrected chi connectivity index (χ2v) is 6.04. The highest BCUT2D eigenvalue weighted by Gasteiger charge is 2.25. The lowest BCUT2D eigenvalue weighted by Crippen LogP contribution is -2.37. The Balaban J connectivity index is 1.64. The number of halogens is 1. The van der Waals surface area contributed by atoms with E-state index in [-0.39, 0.29) is 11.7 Å². The predicted octanol–water partition coefficient (Wildman–Crippen LogP) is 3.60. The van der Waals surface area contributed by atoms with Crippen LogP contribution in [0.3, 0.4) is 0 Å². The molecule has 0 spiro atoms. The molecular weight excluding hydrogens is 281 g/mol. The quantitative estimate of drug-likeness (QED) is 0.938. The number of hydrogen-bond donors (Lipinski definition) is 1. The van der Waals surface area contributed by atoms with Gasteiger partial charge in [-0.25, -0.2) is 9.37 Å². The van der Waals surface area contributed by atoms with Gasteiger partial charge in [0.05, 0.1) is 11.0 Å². The Bertz CT molecular complexity index is 659. The summed E-state index contributed by atoms with van der Waals surface area (Å²) in [5.41, 5.74) is 1.55. The van der Waals surface area contributed by atoms with Crippen LogP contribution in [-0.4, -0.2) is 33.9 Å². The number of unbranched alkanes of at least 4 members (excludes halogenated alkanes) is 1. The zero-order valence-corrected chi connectivity index (χ0v) is 12.9. The van der Waals surface area contributed by atoms with Crippen LogP contribution in [0.4, 0.5) is 4.39 Å². The number of piperidine rings is 1. The minimum Gasteiger partial charge on any atom is -0.343 e. The lowest BCUT2D eigenvalue weighted by atomic mass is 9.96. The summed E-state index contributed by atoms with van der Waals surface area (Å²) < 4.78 is 13.2. The molecular formula is C17H22FN3O. The van der Waals surface area contributed by atoms with E-state index < -0.39 is 0 Å². The molecule has 1 N–H and O–H groups in total. The van der Waals surface area contributed by atoms with E-state index in [1.54, 1.807) is 6.07 Å². The first-order valence-corrected chi connectivity index (χ1v) is 8.10. The third-order valence-electron chi connectivity index (χ3n) is 4.44. The maximum atomic E-state index is 13.2. The maximum Gasteiger partial charge on any atom is 0.222 e. The molecule has 1 fully saturated rings. The van der Waals surface area contributed by atoms with Crippen LogP contribution in [0.15, 0.2) is 18.2 Å². The molecule has 118 valence electrons. The van der Waals surface area contributed by atoms with E-state index in [1.165, 1.54) is 12.1 Å². The number of benzene rings is 1. The topological polar surface area (TPSA) is 49.0 Å². The van der Waals surface area contributed by atoms with E-state index in [4.69, 9.17) is 0 Å². The van der Waals surface area contributed by atoms with Crippen molar-refractivity contribution >= 4 is 16.9 Å². The molecule has 1 saturated heterocycles. The molecule has 22 heavy (non-hydrogen) atoms. The monoisotopic (exact) mass is 303 g/mol. The number of aromatic nitrogens is 2. The summed E-state index contributed by atoms with van der Waals surface area (Å²) in [6.07, 6.45) is 4.51. The summed E-state index contributed by atoms with van der Waals surface area (Å²) in [7, 11) is 0. The number of carbonyl (C=O) groups is 1. The molecule has 1 aromatic heterocycles. The van der Waals surface area contributed by atoms with E-state index in [0.29, 0.717) is 12.3 Å². The number of carbonyl (C=O) groups excluding carboxylic acids is 1. The van der Waals surface area contributed by atoms with Crippen LogP contribution < -0.4 is 0 Å². The van der Waals surface area contributed by atoms with Gasteiger partial charge in [0.2, 0.25) is 5.91 Å². The first kappa shape index (κ1) is 15.0. The molecule has 2 heterocycles. The molecule has 3 rings (SSSR count). The molecule has 1 aliphatic rings. The van der Waals surface area contributed by atoms with Crippen LogP contribution in [0.2, 0.25) is 0 Å². The molecule has 2 aromatic rings. The fourth-order valence-corrected chi connectivity index (χ4v) is 3.08. The van der Waals surface area contributed by atoms with Crippen molar-refractivity contribution in [2.24, 2.45) is 0 Å². The van der Waals surface area contributed by atoms with E-state index in [2.05, 4.69) is 16.9 Å². The molecule has 0 unspecified atom stereocenters. The highest BCUT2D eigenvalue weighted by molar-refractivity contribution is 5.76. The number of fused-ring (bicyclic) bond motifs is 1. The summed E-state index contributed by atoms with van der Waals surface area (Å²) in [4.78, 5) is 21.8. The van der Waals surface area contributed by atoms with Gasteiger partial charge in [-0.05, 0) is 37.5 Å². The van der Waals surface area contributed by atoms with E-state index in [9.17, 15) is 9.18 Å². The SMILES string of the molecule is CCCCC(=O)N1CCC(c2nc3ccc(F)cc3[nH]2)CC1. The van der Waals surface area contributed by atoms with E-state index in [0.717, 1.165) is 55.6 Å². The Morgan fingerprint density at radius 2 is 2.18 bits per heavy atom. The standard InChI is InChI=1S/C17H22FN3O/c1-2-3-4-16(22)21-9-7-12(8-10-21)17-19-14-6-5-13(18)11-15(14)20-17/h5-6,11-12H,2-4,7-10H2,1H3,(H,19,20). The van der Waals surface area contributed by atoms with Crippen LogP contribution in [0.5, 0.6) is 0 Å². The second-order valence-electron chi connectivity index (χ2n) is 6.04. The average Bonchev–Trinajstić information content (AvgIpc) is 2.95. The number of amides is 1. The first-order valence-electron chi connectivity index (χ1n) is 8.10. The van der Waals surface area contributed by atoms with Gasteiger partial charge in [-0.1, -0.05) is 13.3 Å².